The van der Waals surface area contributed by atoms with Crippen LogP contribution in [0.4, 0.5) is 23.7 Å². The maximum atomic E-state index is 12.8. The average molecular weight is 317 g/mol. The molecule has 1 aromatic carbocycles. The normalized spacial score (nSPS) is 13.4. The van der Waals surface area contributed by atoms with Gasteiger partial charge in [0.2, 0.25) is 0 Å². The van der Waals surface area contributed by atoms with Gasteiger partial charge in [-0.2, -0.15) is 13.2 Å². The summed E-state index contributed by atoms with van der Waals surface area (Å²) in [6.07, 6.45) is -4.85. The van der Waals surface area contributed by atoms with Crippen molar-refractivity contribution in [2.24, 2.45) is 0 Å². The van der Waals surface area contributed by atoms with E-state index in [1.165, 1.54) is 13.0 Å². The standard InChI is InChI=1S/C15H18F3NO3/c1-9(8-20)11-6-5-10(15(16,17)18)7-12(11)19-13(21)22-14(2,3)4/h5-9H,1-4H3,(H,19,21). The summed E-state index contributed by atoms with van der Waals surface area (Å²) < 4.78 is 43.3. The molecule has 1 amide bonds. The zero-order valence-corrected chi connectivity index (χ0v) is 12.7. The van der Waals surface area contributed by atoms with Crippen LogP contribution in [0.15, 0.2) is 18.2 Å². The van der Waals surface area contributed by atoms with E-state index in [1.807, 2.05) is 0 Å². The summed E-state index contributed by atoms with van der Waals surface area (Å²) in [5.41, 5.74) is -1.51. The third-order valence-electron chi connectivity index (χ3n) is 2.71. The van der Waals surface area contributed by atoms with Crippen molar-refractivity contribution in [1.82, 2.24) is 0 Å². The van der Waals surface area contributed by atoms with Gasteiger partial charge in [0, 0.05) is 11.6 Å². The number of ether oxygens (including phenoxy) is 1. The number of nitrogens with one attached hydrogen (secondary N) is 1. The summed E-state index contributed by atoms with van der Waals surface area (Å²) in [7, 11) is 0. The van der Waals surface area contributed by atoms with Crippen LogP contribution in [0.2, 0.25) is 0 Å². The molecule has 22 heavy (non-hydrogen) atoms. The van der Waals surface area contributed by atoms with E-state index < -0.39 is 29.4 Å². The van der Waals surface area contributed by atoms with Crippen LogP contribution in [-0.4, -0.2) is 18.0 Å². The Morgan fingerprint density at radius 2 is 1.86 bits per heavy atom. The van der Waals surface area contributed by atoms with Crippen molar-refractivity contribution < 1.29 is 27.5 Å². The first-order valence-electron chi connectivity index (χ1n) is 6.60. The highest BCUT2D eigenvalue weighted by Crippen LogP contribution is 2.34. The number of aldehydes is 1. The fourth-order valence-electron chi connectivity index (χ4n) is 1.72. The third-order valence-corrected chi connectivity index (χ3v) is 2.71. The first-order chi connectivity index (χ1) is 9.94. The molecule has 0 saturated heterocycles. The van der Waals surface area contributed by atoms with Gasteiger partial charge in [-0.15, -0.1) is 0 Å². The highest BCUT2D eigenvalue weighted by Gasteiger charge is 2.31. The predicted octanol–water partition coefficient (Wildman–Crippen LogP) is 4.35. The summed E-state index contributed by atoms with van der Waals surface area (Å²) in [4.78, 5) is 22.6. The summed E-state index contributed by atoms with van der Waals surface area (Å²) >= 11 is 0. The summed E-state index contributed by atoms with van der Waals surface area (Å²) in [6.45, 7) is 6.42. The minimum atomic E-state index is -4.55. The number of alkyl halides is 3. The summed E-state index contributed by atoms with van der Waals surface area (Å²) in [5, 5.41) is 2.27. The topological polar surface area (TPSA) is 55.4 Å². The quantitative estimate of drug-likeness (QED) is 0.843. The molecule has 0 heterocycles. The number of benzene rings is 1. The average Bonchev–Trinajstić information content (AvgIpc) is 2.34. The van der Waals surface area contributed by atoms with Crippen LogP contribution < -0.4 is 5.32 Å². The lowest BCUT2D eigenvalue weighted by molar-refractivity contribution is -0.137. The molecule has 1 atom stereocenters. The van der Waals surface area contributed by atoms with E-state index in [1.54, 1.807) is 20.8 Å². The Bertz CT molecular complexity index is 562. The molecular weight excluding hydrogens is 299 g/mol. The fourth-order valence-corrected chi connectivity index (χ4v) is 1.72. The van der Waals surface area contributed by atoms with E-state index in [0.717, 1.165) is 12.1 Å². The molecule has 0 radical (unpaired) electrons. The van der Waals surface area contributed by atoms with E-state index >= 15 is 0 Å². The van der Waals surface area contributed by atoms with Crippen molar-refractivity contribution in [2.75, 3.05) is 5.32 Å². The SMILES string of the molecule is CC(C=O)c1ccc(C(F)(F)F)cc1NC(=O)OC(C)(C)C. The molecule has 1 aromatic rings. The van der Waals surface area contributed by atoms with Crippen LogP contribution in [0, 0.1) is 0 Å². The molecule has 1 N–H and O–H groups in total. The monoisotopic (exact) mass is 317 g/mol. The van der Waals surface area contributed by atoms with Crippen LogP contribution >= 0.6 is 0 Å². The highest BCUT2D eigenvalue weighted by molar-refractivity contribution is 5.87. The minimum absolute atomic E-state index is 0.0938. The van der Waals surface area contributed by atoms with Crippen LogP contribution in [0.25, 0.3) is 0 Å². The van der Waals surface area contributed by atoms with Gasteiger partial charge in [-0.3, -0.25) is 5.32 Å². The van der Waals surface area contributed by atoms with Gasteiger partial charge >= 0.3 is 12.3 Å². The molecule has 1 unspecified atom stereocenters. The van der Waals surface area contributed by atoms with Gasteiger partial charge in [-0.05, 0) is 38.5 Å². The molecule has 122 valence electrons. The Balaban J connectivity index is 3.17. The lowest BCUT2D eigenvalue weighted by Gasteiger charge is -2.21. The van der Waals surface area contributed by atoms with E-state index in [2.05, 4.69) is 5.32 Å². The van der Waals surface area contributed by atoms with Crippen molar-refractivity contribution in [3.05, 3.63) is 29.3 Å². The van der Waals surface area contributed by atoms with Crippen molar-refractivity contribution in [2.45, 2.75) is 45.4 Å². The number of hydrogen-bond donors (Lipinski definition) is 1. The second kappa shape index (κ2) is 6.37. The molecular formula is C15H18F3NO3. The van der Waals surface area contributed by atoms with Crippen molar-refractivity contribution >= 4 is 18.1 Å². The Morgan fingerprint density at radius 3 is 2.32 bits per heavy atom. The molecule has 4 nitrogen and oxygen atoms in total. The highest BCUT2D eigenvalue weighted by atomic mass is 19.4. The predicted molar refractivity (Wildman–Crippen MR) is 75.8 cm³/mol. The number of anilines is 1. The number of rotatable bonds is 3. The molecule has 0 spiro atoms. The molecule has 0 aliphatic rings. The van der Waals surface area contributed by atoms with Gasteiger partial charge in [0.15, 0.2) is 0 Å². The van der Waals surface area contributed by atoms with Crippen molar-refractivity contribution in [3.63, 3.8) is 0 Å². The number of halogens is 3. The zero-order valence-electron chi connectivity index (χ0n) is 12.7. The van der Waals surface area contributed by atoms with Gasteiger partial charge in [0.25, 0.3) is 0 Å². The fraction of sp³-hybridized carbons (Fsp3) is 0.467. The Kier molecular flexibility index (Phi) is 5.22. The van der Waals surface area contributed by atoms with Gasteiger partial charge in [0.1, 0.15) is 11.9 Å². The third kappa shape index (κ3) is 5.05. The van der Waals surface area contributed by atoms with Gasteiger partial charge in [-0.1, -0.05) is 13.0 Å². The summed E-state index contributed by atoms with van der Waals surface area (Å²) in [5.74, 6) is -0.660. The van der Waals surface area contributed by atoms with Gasteiger partial charge in [-0.25, -0.2) is 4.79 Å². The lowest BCUT2D eigenvalue weighted by Crippen LogP contribution is -2.27. The van der Waals surface area contributed by atoms with E-state index in [-0.39, 0.29) is 11.3 Å². The molecule has 0 aliphatic heterocycles. The van der Waals surface area contributed by atoms with E-state index in [4.69, 9.17) is 4.74 Å². The number of carbonyl (C=O) groups excluding carboxylic acids is 2. The second-order valence-electron chi connectivity index (χ2n) is 5.85. The molecule has 0 saturated carbocycles. The van der Waals surface area contributed by atoms with Crippen LogP contribution in [-0.2, 0) is 15.7 Å². The number of hydrogen-bond acceptors (Lipinski definition) is 3. The van der Waals surface area contributed by atoms with Crippen LogP contribution in [0.3, 0.4) is 0 Å². The smallest absolute Gasteiger partial charge is 0.416 e. The van der Waals surface area contributed by atoms with Crippen LogP contribution in [0.1, 0.15) is 44.7 Å². The summed E-state index contributed by atoms with van der Waals surface area (Å²) in [6, 6.07) is 2.84. The maximum absolute atomic E-state index is 12.8. The molecule has 1 rings (SSSR count). The van der Waals surface area contributed by atoms with Crippen LogP contribution in [0.5, 0.6) is 0 Å². The molecule has 7 heteroatoms. The van der Waals surface area contributed by atoms with Crippen molar-refractivity contribution in [3.8, 4) is 0 Å². The Morgan fingerprint density at radius 1 is 1.27 bits per heavy atom. The molecule has 0 aromatic heterocycles. The van der Waals surface area contributed by atoms with Gasteiger partial charge < -0.3 is 9.53 Å². The lowest BCUT2D eigenvalue weighted by atomic mass is 9.98. The molecule has 0 fully saturated rings. The van der Waals surface area contributed by atoms with E-state index in [9.17, 15) is 22.8 Å². The van der Waals surface area contributed by atoms with Crippen molar-refractivity contribution in [1.29, 1.82) is 0 Å². The largest absolute Gasteiger partial charge is 0.444 e. The first kappa shape index (κ1) is 18.0. The molecule has 0 aliphatic carbocycles. The zero-order chi connectivity index (χ0) is 17.1. The maximum Gasteiger partial charge on any atom is 0.416 e. The Labute approximate surface area is 126 Å². The minimum Gasteiger partial charge on any atom is -0.444 e. The second-order valence-corrected chi connectivity index (χ2v) is 5.85. The number of carbonyl (C=O) groups is 2. The molecule has 0 bridgehead atoms. The first-order valence-corrected chi connectivity index (χ1v) is 6.60. The number of amides is 1. The van der Waals surface area contributed by atoms with Gasteiger partial charge in [0.05, 0.1) is 5.56 Å². The van der Waals surface area contributed by atoms with E-state index in [0.29, 0.717) is 6.29 Å². The Hall–Kier alpha value is -2.05.